The first-order valence-corrected chi connectivity index (χ1v) is 21.3. The zero-order valence-corrected chi connectivity index (χ0v) is 34.7. The number of hydrogen-bond acceptors (Lipinski definition) is 1. The molecule has 0 aliphatic rings. The second-order valence-electron chi connectivity index (χ2n) is 16.1. The second-order valence-corrected chi connectivity index (χ2v) is 16.1. The number of aromatic nitrogens is 1. The van der Waals surface area contributed by atoms with E-state index >= 15 is 0 Å². The number of aryl methyl sites for hydroxylation is 2. The van der Waals surface area contributed by atoms with Crippen LogP contribution in [-0.4, -0.2) is 4.57 Å². The van der Waals surface area contributed by atoms with Crippen LogP contribution in [0.15, 0.2) is 218 Å². The van der Waals surface area contributed by atoms with E-state index in [1.54, 1.807) is 0 Å². The van der Waals surface area contributed by atoms with Crippen LogP contribution in [0.4, 0.5) is 17.1 Å². The lowest BCUT2D eigenvalue weighted by molar-refractivity contribution is 1.17. The van der Waals surface area contributed by atoms with Crippen molar-refractivity contribution >= 4 is 49.6 Å². The summed E-state index contributed by atoms with van der Waals surface area (Å²) in [5.74, 6) is 0. The number of fused-ring (bicyclic) bond motifs is 4. The lowest BCUT2D eigenvalue weighted by atomic mass is 9.94. The number of rotatable bonds is 8. The summed E-state index contributed by atoms with van der Waals surface area (Å²) in [6, 6.07) is 85.6. The summed E-state index contributed by atoms with van der Waals surface area (Å²) in [7, 11) is 0. The van der Waals surface area contributed by atoms with E-state index in [-0.39, 0.29) is 0 Å². The van der Waals surface area contributed by atoms with E-state index in [2.05, 4.69) is 248 Å². The zero-order chi connectivity index (χ0) is 41.6. The van der Waals surface area contributed by atoms with Crippen molar-refractivity contribution in [2.24, 2.45) is 0 Å². The monoisotopic (exact) mass is 790 g/mol. The topological polar surface area (TPSA) is 8.17 Å². The molecular formula is C60H42N2. The summed E-state index contributed by atoms with van der Waals surface area (Å²) in [6.45, 7) is 4.47. The minimum atomic E-state index is 1.08. The molecule has 1 aromatic heterocycles. The molecule has 1 heterocycles. The van der Waals surface area contributed by atoms with E-state index in [9.17, 15) is 0 Å². The van der Waals surface area contributed by atoms with Crippen LogP contribution in [0.2, 0.25) is 0 Å². The molecule has 11 rings (SSSR count). The molecular weight excluding hydrogens is 749 g/mol. The van der Waals surface area contributed by atoms with Crippen LogP contribution in [0.5, 0.6) is 0 Å². The molecule has 0 amide bonds. The van der Waals surface area contributed by atoms with Crippen molar-refractivity contribution in [3.8, 4) is 50.2 Å². The van der Waals surface area contributed by atoms with Gasteiger partial charge in [0.1, 0.15) is 0 Å². The van der Waals surface area contributed by atoms with Crippen LogP contribution in [0.1, 0.15) is 11.1 Å². The van der Waals surface area contributed by atoms with E-state index in [0.717, 1.165) is 39.2 Å². The van der Waals surface area contributed by atoms with Gasteiger partial charge in [-0.3, -0.25) is 0 Å². The fraction of sp³-hybridized carbons (Fsp3) is 0.0333. The molecule has 0 N–H and O–H groups in total. The standard InChI is InChI=1S/C60H42N2/c1-41-37-49(61(58-30-16-22-45-21-9-10-27-55(45)58)48-24-15-23-47(39-48)54-26-12-11-25-53(54)44-19-7-4-8-20-44)32-34-51(41)52-35-33-50(38-42(52)2)62-59-29-14-13-28-56(59)57-40-46(31-36-60(57)62)43-17-5-3-6-18-43/h3-12,14-27,29-40H,1-2H3. The van der Waals surface area contributed by atoms with Crippen LogP contribution < -0.4 is 4.90 Å². The van der Waals surface area contributed by atoms with Crippen LogP contribution in [0.3, 0.4) is 0 Å². The lowest BCUT2D eigenvalue weighted by Crippen LogP contribution is -2.11. The van der Waals surface area contributed by atoms with E-state index in [4.69, 9.17) is 0 Å². The molecule has 0 aliphatic carbocycles. The average Bonchev–Trinajstić information content (AvgIpc) is 3.66. The highest BCUT2D eigenvalue weighted by atomic mass is 15.1. The molecule has 0 atom stereocenters. The molecule has 0 spiro atoms. The Morgan fingerprint density at radius 3 is 1.84 bits per heavy atom. The first-order chi connectivity index (χ1) is 30.6. The van der Waals surface area contributed by atoms with Crippen molar-refractivity contribution in [3.05, 3.63) is 242 Å². The van der Waals surface area contributed by atoms with Gasteiger partial charge in [0.05, 0.1) is 22.1 Å². The maximum absolute atomic E-state index is 3.44. The Bertz CT molecular complexity index is 3430. The summed E-state index contributed by atoms with van der Waals surface area (Å²) in [6.07, 6.45) is 0. The molecule has 0 saturated heterocycles. The largest absolute Gasteiger partial charge is 0.310 e. The van der Waals surface area contributed by atoms with E-state index in [1.165, 1.54) is 71.8 Å². The van der Waals surface area contributed by atoms with Crippen molar-refractivity contribution in [1.29, 1.82) is 0 Å². The first-order valence-electron chi connectivity index (χ1n) is 21.3. The Labute approximate surface area is 363 Å². The van der Waals surface area contributed by atoms with E-state index in [1.807, 2.05) is 6.07 Å². The van der Waals surface area contributed by atoms with Gasteiger partial charge in [0, 0.05) is 27.8 Å². The normalized spacial score (nSPS) is 11.3. The lowest BCUT2D eigenvalue weighted by Gasteiger charge is -2.28. The number of hydrogen-bond donors (Lipinski definition) is 0. The third kappa shape index (κ3) is 6.49. The van der Waals surface area contributed by atoms with Crippen LogP contribution >= 0.6 is 0 Å². The van der Waals surface area contributed by atoms with E-state index < -0.39 is 0 Å². The molecule has 0 bridgehead atoms. The van der Waals surface area contributed by atoms with Crippen molar-refractivity contribution < 1.29 is 0 Å². The predicted octanol–water partition coefficient (Wildman–Crippen LogP) is 16.3. The molecule has 62 heavy (non-hydrogen) atoms. The van der Waals surface area contributed by atoms with Gasteiger partial charge in [-0.1, -0.05) is 164 Å². The maximum Gasteiger partial charge on any atom is 0.0631 e. The van der Waals surface area contributed by atoms with Crippen LogP contribution in [0.25, 0.3) is 82.8 Å². The van der Waals surface area contributed by atoms with Gasteiger partial charge in [0.25, 0.3) is 0 Å². The minimum absolute atomic E-state index is 1.08. The Morgan fingerprint density at radius 1 is 0.403 bits per heavy atom. The Kier molecular flexibility index (Phi) is 9.22. The minimum Gasteiger partial charge on any atom is -0.310 e. The number of anilines is 3. The average molecular weight is 791 g/mol. The molecule has 0 fully saturated rings. The van der Waals surface area contributed by atoms with Gasteiger partial charge in [-0.25, -0.2) is 0 Å². The molecule has 2 nitrogen and oxygen atoms in total. The molecule has 0 aliphatic heterocycles. The van der Waals surface area contributed by atoms with Crippen molar-refractivity contribution in [2.45, 2.75) is 13.8 Å². The van der Waals surface area contributed by atoms with E-state index in [0.29, 0.717) is 0 Å². The predicted molar refractivity (Wildman–Crippen MR) is 262 cm³/mol. The van der Waals surface area contributed by atoms with Crippen molar-refractivity contribution in [3.63, 3.8) is 0 Å². The van der Waals surface area contributed by atoms with Crippen molar-refractivity contribution in [1.82, 2.24) is 4.57 Å². The third-order valence-corrected chi connectivity index (χ3v) is 12.3. The first kappa shape index (κ1) is 36.9. The van der Waals surface area contributed by atoms with Gasteiger partial charge in [-0.05, 0) is 142 Å². The highest BCUT2D eigenvalue weighted by Crippen LogP contribution is 2.43. The highest BCUT2D eigenvalue weighted by Gasteiger charge is 2.20. The number of benzene rings is 9. The SMILES string of the molecule is Cc1cc(N(c2cccc(-c3ccccc3-c3ccccc3)c2)c2cccc3ccccc23)ccc1-c1ccc(-n2c3ccc#cc3c3cc(-c4ccccc4)ccc32)cc1C. The highest BCUT2D eigenvalue weighted by molar-refractivity contribution is 6.10. The van der Waals surface area contributed by atoms with Gasteiger partial charge in [0.15, 0.2) is 0 Å². The van der Waals surface area contributed by atoms with Gasteiger partial charge in [-0.15, -0.1) is 0 Å². The van der Waals surface area contributed by atoms with Crippen molar-refractivity contribution in [2.75, 3.05) is 4.90 Å². The maximum atomic E-state index is 3.44. The van der Waals surface area contributed by atoms with Gasteiger partial charge in [-0.2, -0.15) is 0 Å². The molecule has 0 saturated carbocycles. The fourth-order valence-corrected chi connectivity index (χ4v) is 9.35. The van der Waals surface area contributed by atoms with Gasteiger partial charge >= 0.3 is 0 Å². The summed E-state index contributed by atoms with van der Waals surface area (Å²) >= 11 is 0. The van der Waals surface area contributed by atoms with Gasteiger partial charge < -0.3 is 9.47 Å². The molecule has 0 unspecified atom stereocenters. The second kappa shape index (κ2) is 15.5. The third-order valence-electron chi connectivity index (χ3n) is 12.3. The smallest absolute Gasteiger partial charge is 0.0631 e. The Hall–Kier alpha value is -8.12. The molecule has 0 radical (unpaired) electrons. The summed E-state index contributed by atoms with van der Waals surface area (Å²) < 4.78 is 2.37. The Morgan fingerprint density at radius 2 is 1.05 bits per heavy atom. The number of nitrogens with zero attached hydrogens (tertiary/aromatic N) is 2. The van der Waals surface area contributed by atoms with Crippen LogP contribution in [-0.2, 0) is 0 Å². The summed E-state index contributed by atoms with van der Waals surface area (Å²) in [5, 5.41) is 4.67. The molecule has 11 aromatic rings. The molecule has 2 heteroatoms. The Balaban J connectivity index is 1.00. The van der Waals surface area contributed by atoms with Gasteiger partial charge in [0.2, 0.25) is 0 Å². The quantitative estimate of drug-likeness (QED) is 0.149. The molecule has 10 aromatic carbocycles. The summed E-state index contributed by atoms with van der Waals surface area (Å²) in [4.78, 5) is 2.42. The zero-order valence-electron chi connectivity index (χ0n) is 34.7. The fourth-order valence-electron chi connectivity index (χ4n) is 9.35. The molecule has 292 valence electrons. The summed E-state index contributed by atoms with van der Waals surface area (Å²) in [5.41, 5.74) is 18.8. The van der Waals surface area contributed by atoms with Crippen LogP contribution in [0, 0.1) is 26.0 Å².